The number of alkyl halides is 3. The third kappa shape index (κ3) is 5.91. The number of fused-ring (bicyclic) bond motifs is 1. The third-order valence-electron chi connectivity index (χ3n) is 7.99. The van der Waals surface area contributed by atoms with Gasteiger partial charge < -0.3 is 15.0 Å². The zero-order chi connectivity index (χ0) is 31.1. The van der Waals surface area contributed by atoms with E-state index < -0.39 is 29.7 Å². The Bertz CT molecular complexity index is 1850. The molecule has 0 fully saturated rings. The molecule has 5 aromatic rings. The molecule has 0 bridgehead atoms. The molecule has 0 aliphatic rings. The van der Waals surface area contributed by atoms with E-state index >= 15 is 0 Å². The molecule has 1 heterocycles. The van der Waals surface area contributed by atoms with Crippen LogP contribution in [-0.4, -0.2) is 21.6 Å². The number of aromatic nitrogens is 1. The minimum absolute atomic E-state index is 0.0168. The first-order valence-electron chi connectivity index (χ1n) is 13.8. The predicted octanol–water partition coefficient (Wildman–Crippen LogP) is 8.49. The van der Waals surface area contributed by atoms with Crippen molar-refractivity contribution in [3.05, 3.63) is 130 Å². The van der Waals surface area contributed by atoms with Crippen LogP contribution in [-0.2, 0) is 12.7 Å². The Labute approximate surface area is 247 Å². The van der Waals surface area contributed by atoms with E-state index in [1.54, 1.807) is 50.2 Å². The lowest BCUT2D eigenvalue weighted by molar-refractivity contribution is -0.138. The first kappa shape index (κ1) is 29.6. The number of nitrogens with one attached hydrogen (secondary N) is 1. The standard InChI is InChI=1S/C35H31F3N2O3/c1-20-9-15-27(31(17-20)35(36,37)38)22(3)39-33(41)26-14-16-32-30(18-26)21(2)23(4)40(32)19-24-10-12-25(13-11-24)28-7-5-6-8-29(28)34(42)43/h5-18,22H,19H2,1-4H3,(H,39,41)(H,42,43)/t22-/m0/s1. The van der Waals surface area contributed by atoms with Gasteiger partial charge in [0, 0.05) is 28.7 Å². The van der Waals surface area contributed by atoms with Crippen LogP contribution in [0.1, 0.15) is 67.2 Å². The molecule has 0 aliphatic carbocycles. The largest absolute Gasteiger partial charge is 0.478 e. The van der Waals surface area contributed by atoms with E-state index in [4.69, 9.17) is 0 Å². The molecule has 0 spiro atoms. The molecule has 0 unspecified atom stereocenters. The van der Waals surface area contributed by atoms with Gasteiger partial charge in [-0.25, -0.2) is 4.79 Å². The summed E-state index contributed by atoms with van der Waals surface area (Å²) in [7, 11) is 0. The summed E-state index contributed by atoms with van der Waals surface area (Å²) in [6, 6.07) is 23.2. The summed E-state index contributed by atoms with van der Waals surface area (Å²) >= 11 is 0. The summed E-state index contributed by atoms with van der Waals surface area (Å²) < 4.78 is 43.2. The van der Waals surface area contributed by atoms with Crippen molar-refractivity contribution < 1.29 is 27.9 Å². The molecule has 1 amide bonds. The first-order valence-corrected chi connectivity index (χ1v) is 13.8. The SMILES string of the molecule is Cc1ccc([C@H](C)NC(=O)c2ccc3c(c2)c(C)c(C)n3Cc2ccc(-c3ccccc3C(=O)O)cc2)c(C(F)(F)F)c1. The van der Waals surface area contributed by atoms with E-state index in [1.165, 1.54) is 6.07 Å². The van der Waals surface area contributed by atoms with Crippen LogP contribution >= 0.6 is 0 Å². The van der Waals surface area contributed by atoms with Gasteiger partial charge in [0.25, 0.3) is 5.91 Å². The molecule has 5 nitrogen and oxygen atoms in total. The molecular formula is C35H31F3N2O3. The van der Waals surface area contributed by atoms with Crippen molar-refractivity contribution in [2.24, 2.45) is 0 Å². The Hall–Kier alpha value is -4.85. The maximum absolute atomic E-state index is 13.7. The molecular weight excluding hydrogens is 553 g/mol. The second kappa shape index (κ2) is 11.4. The second-order valence-electron chi connectivity index (χ2n) is 10.9. The van der Waals surface area contributed by atoms with Crippen molar-refractivity contribution >= 4 is 22.8 Å². The van der Waals surface area contributed by atoms with Gasteiger partial charge in [0.05, 0.1) is 17.2 Å². The van der Waals surface area contributed by atoms with Crippen LogP contribution in [0.5, 0.6) is 0 Å². The predicted molar refractivity (Wildman–Crippen MR) is 161 cm³/mol. The van der Waals surface area contributed by atoms with Crippen molar-refractivity contribution in [3.8, 4) is 11.1 Å². The van der Waals surface area contributed by atoms with Crippen molar-refractivity contribution in [3.63, 3.8) is 0 Å². The van der Waals surface area contributed by atoms with Crippen LogP contribution < -0.4 is 5.32 Å². The van der Waals surface area contributed by atoms with Crippen molar-refractivity contribution in [2.45, 2.75) is 46.5 Å². The molecule has 1 aromatic heterocycles. The van der Waals surface area contributed by atoms with Gasteiger partial charge in [-0.05, 0) is 85.8 Å². The van der Waals surface area contributed by atoms with E-state index in [-0.39, 0.29) is 11.1 Å². The Kier molecular flexibility index (Phi) is 7.88. The molecule has 0 saturated carbocycles. The Balaban J connectivity index is 1.39. The molecule has 0 aliphatic heterocycles. The van der Waals surface area contributed by atoms with Crippen LogP contribution in [0.2, 0.25) is 0 Å². The molecule has 5 rings (SSSR count). The van der Waals surface area contributed by atoms with E-state index in [9.17, 15) is 27.9 Å². The van der Waals surface area contributed by atoms with Gasteiger partial charge in [0.1, 0.15) is 0 Å². The molecule has 0 radical (unpaired) electrons. The van der Waals surface area contributed by atoms with Crippen LogP contribution in [0.15, 0.2) is 84.9 Å². The highest BCUT2D eigenvalue weighted by Crippen LogP contribution is 2.35. The Morgan fingerprint density at radius 3 is 2.28 bits per heavy atom. The number of hydrogen-bond donors (Lipinski definition) is 2. The summed E-state index contributed by atoms with van der Waals surface area (Å²) in [6.45, 7) is 7.70. The number of carboxylic acids is 1. The lowest BCUT2D eigenvalue weighted by Gasteiger charge is -2.20. The number of aryl methyl sites for hydroxylation is 2. The molecule has 2 N–H and O–H groups in total. The number of aromatic carboxylic acids is 1. The van der Waals surface area contributed by atoms with Crippen LogP contribution in [0.25, 0.3) is 22.0 Å². The number of carbonyl (C=O) groups is 2. The van der Waals surface area contributed by atoms with Crippen LogP contribution in [0.3, 0.4) is 0 Å². The van der Waals surface area contributed by atoms with Crippen molar-refractivity contribution in [2.75, 3.05) is 0 Å². The fourth-order valence-electron chi connectivity index (χ4n) is 5.54. The quantitative estimate of drug-likeness (QED) is 0.202. The normalized spacial score (nSPS) is 12.3. The summed E-state index contributed by atoms with van der Waals surface area (Å²) in [6.07, 6.45) is -4.53. The number of amides is 1. The summed E-state index contributed by atoms with van der Waals surface area (Å²) in [5, 5.41) is 13.2. The number of carbonyl (C=O) groups excluding carboxylic acids is 1. The fraction of sp³-hybridized carbons (Fsp3) is 0.200. The van der Waals surface area contributed by atoms with Crippen molar-refractivity contribution in [1.82, 2.24) is 9.88 Å². The molecule has 220 valence electrons. The van der Waals surface area contributed by atoms with Crippen molar-refractivity contribution in [1.29, 1.82) is 0 Å². The highest BCUT2D eigenvalue weighted by atomic mass is 19.4. The maximum Gasteiger partial charge on any atom is 0.416 e. The lowest BCUT2D eigenvalue weighted by Crippen LogP contribution is -2.28. The van der Waals surface area contributed by atoms with Gasteiger partial charge in [-0.3, -0.25) is 4.79 Å². The molecule has 1 atom stereocenters. The van der Waals surface area contributed by atoms with Crippen LogP contribution in [0.4, 0.5) is 13.2 Å². The van der Waals surface area contributed by atoms with Gasteiger partial charge in [0.15, 0.2) is 0 Å². The van der Waals surface area contributed by atoms with E-state index in [2.05, 4.69) is 9.88 Å². The third-order valence-corrected chi connectivity index (χ3v) is 7.99. The molecule has 43 heavy (non-hydrogen) atoms. The number of benzene rings is 4. The lowest BCUT2D eigenvalue weighted by atomic mass is 9.98. The van der Waals surface area contributed by atoms with E-state index in [0.29, 0.717) is 23.2 Å². The Morgan fingerprint density at radius 1 is 0.907 bits per heavy atom. The Morgan fingerprint density at radius 2 is 1.60 bits per heavy atom. The smallest absolute Gasteiger partial charge is 0.416 e. The highest BCUT2D eigenvalue weighted by molar-refractivity contribution is 5.99. The van der Waals surface area contributed by atoms with Gasteiger partial charge >= 0.3 is 12.1 Å². The summed E-state index contributed by atoms with van der Waals surface area (Å²) in [5.41, 5.74) is 5.80. The van der Waals surface area contributed by atoms with Crippen LogP contribution in [0, 0.1) is 20.8 Å². The molecule has 8 heteroatoms. The highest BCUT2D eigenvalue weighted by Gasteiger charge is 2.35. The second-order valence-corrected chi connectivity index (χ2v) is 10.9. The van der Waals surface area contributed by atoms with Gasteiger partial charge in [0.2, 0.25) is 0 Å². The maximum atomic E-state index is 13.7. The monoisotopic (exact) mass is 584 g/mol. The number of nitrogens with zero attached hydrogens (tertiary/aromatic N) is 1. The summed E-state index contributed by atoms with van der Waals surface area (Å²) in [5.74, 6) is -1.43. The zero-order valence-corrected chi connectivity index (χ0v) is 24.2. The number of hydrogen-bond acceptors (Lipinski definition) is 2. The summed E-state index contributed by atoms with van der Waals surface area (Å²) in [4.78, 5) is 24.8. The topological polar surface area (TPSA) is 71.3 Å². The molecule has 4 aromatic carbocycles. The zero-order valence-electron chi connectivity index (χ0n) is 24.2. The first-order chi connectivity index (χ1) is 20.3. The average molecular weight is 585 g/mol. The fourth-order valence-corrected chi connectivity index (χ4v) is 5.54. The van der Waals surface area contributed by atoms with Gasteiger partial charge in [-0.15, -0.1) is 0 Å². The van der Waals surface area contributed by atoms with E-state index in [1.807, 2.05) is 50.2 Å². The number of rotatable bonds is 7. The van der Waals surface area contributed by atoms with Gasteiger partial charge in [-0.1, -0.05) is 60.2 Å². The average Bonchev–Trinajstić information content (AvgIpc) is 3.21. The number of carboxylic acid groups (broad SMARTS) is 1. The minimum Gasteiger partial charge on any atom is -0.478 e. The van der Waals surface area contributed by atoms with Gasteiger partial charge in [-0.2, -0.15) is 13.2 Å². The van der Waals surface area contributed by atoms with E-state index in [0.717, 1.165) is 39.4 Å². The number of halogens is 3. The molecule has 0 saturated heterocycles. The minimum atomic E-state index is -4.53.